The Morgan fingerprint density at radius 2 is 1.92 bits per heavy atom. The zero-order valence-corrected chi connectivity index (χ0v) is 8.05. The summed E-state index contributed by atoms with van der Waals surface area (Å²) in [4.78, 5) is 11.2. The van der Waals surface area contributed by atoms with Gasteiger partial charge in [-0.2, -0.15) is 5.10 Å². The Labute approximate surface area is 78.6 Å². The summed E-state index contributed by atoms with van der Waals surface area (Å²) in [6.07, 6.45) is 5.89. The van der Waals surface area contributed by atoms with Crippen molar-refractivity contribution < 1.29 is 4.79 Å². The van der Waals surface area contributed by atoms with E-state index in [1.807, 2.05) is 6.92 Å². The first-order valence-corrected chi connectivity index (χ1v) is 5.11. The van der Waals surface area contributed by atoms with Gasteiger partial charge in [0.15, 0.2) is 0 Å². The number of nitrogens with one attached hydrogen (secondary N) is 1. The van der Waals surface area contributed by atoms with E-state index in [1.165, 1.54) is 19.3 Å². The molecule has 2 aliphatic rings. The fraction of sp³-hybridized carbons (Fsp3) is 0.800. The van der Waals surface area contributed by atoms with Crippen LogP contribution in [0, 0.1) is 11.8 Å². The van der Waals surface area contributed by atoms with Crippen molar-refractivity contribution in [3.63, 3.8) is 0 Å². The van der Waals surface area contributed by atoms with E-state index in [2.05, 4.69) is 10.5 Å². The summed E-state index contributed by atoms with van der Waals surface area (Å²) in [5.74, 6) is 1.01. The highest BCUT2D eigenvalue weighted by molar-refractivity contribution is 5.87. The molecular formula is C10H16N2O. The number of rotatable bonds is 3. The maximum Gasteiger partial charge on any atom is 0.243 e. The van der Waals surface area contributed by atoms with Crippen LogP contribution >= 0.6 is 0 Å². The van der Waals surface area contributed by atoms with Crippen molar-refractivity contribution in [2.75, 3.05) is 0 Å². The lowest BCUT2D eigenvalue weighted by Gasteiger charge is -2.24. The van der Waals surface area contributed by atoms with E-state index >= 15 is 0 Å². The molecule has 13 heavy (non-hydrogen) atoms. The highest BCUT2D eigenvalue weighted by atomic mass is 16.2. The van der Waals surface area contributed by atoms with Crippen molar-refractivity contribution in [1.82, 2.24) is 5.43 Å². The van der Waals surface area contributed by atoms with Crippen molar-refractivity contribution in [3.8, 4) is 0 Å². The summed E-state index contributed by atoms with van der Waals surface area (Å²) in [6, 6.07) is 0. The first-order valence-electron chi connectivity index (χ1n) is 5.11. The van der Waals surface area contributed by atoms with E-state index in [9.17, 15) is 4.79 Å². The molecule has 1 amide bonds. The number of carbonyl (C=O) groups excluding carboxylic acids is 1. The average molecular weight is 180 g/mol. The van der Waals surface area contributed by atoms with Crippen molar-refractivity contribution >= 4 is 11.6 Å². The van der Waals surface area contributed by atoms with Crippen LogP contribution in [-0.2, 0) is 4.79 Å². The molecule has 0 aromatic rings. The third-order valence-corrected chi connectivity index (χ3v) is 2.99. The second-order valence-corrected chi connectivity index (χ2v) is 4.13. The summed E-state index contributed by atoms with van der Waals surface area (Å²) in [6.45, 7) is 2.01. The third kappa shape index (κ3) is 2.08. The summed E-state index contributed by atoms with van der Waals surface area (Å²) < 4.78 is 0. The molecule has 0 aliphatic heterocycles. The average Bonchev–Trinajstić information content (AvgIpc) is 2.78. The van der Waals surface area contributed by atoms with Crippen molar-refractivity contribution in [3.05, 3.63) is 0 Å². The lowest BCUT2D eigenvalue weighted by Crippen LogP contribution is -2.25. The smallest absolute Gasteiger partial charge is 0.243 e. The van der Waals surface area contributed by atoms with Crippen LogP contribution in [0.3, 0.4) is 0 Å². The Hall–Kier alpha value is -0.860. The quantitative estimate of drug-likeness (QED) is 0.521. The van der Waals surface area contributed by atoms with Gasteiger partial charge in [-0.05, 0) is 38.5 Å². The van der Waals surface area contributed by atoms with Gasteiger partial charge in [-0.15, -0.1) is 0 Å². The van der Waals surface area contributed by atoms with Crippen LogP contribution in [0.2, 0.25) is 0 Å². The van der Waals surface area contributed by atoms with Crippen molar-refractivity contribution in [1.29, 1.82) is 0 Å². The van der Waals surface area contributed by atoms with Crippen LogP contribution in [0.15, 0.2) is 5.10 Å². The molecule has 0 aromatic carbocycles. The molecule has 0 heterocycles. The van der Waals surface area contributed by atoms with E-state index in [-0.39, 0.29) is 11.8 Å². The molecule has 3 nitrogen and oxygen atoms in total. The largest absolute Gasteiger partial charge is 0.273 e. The van der Waals surface area contributed by atoms with E-state index in [4.69, 9.17) is 0 Å². The second kappa shape index (κ2) is 3.48. The summed E-state index contributed by atoms with van der Waals surface area (Å²) in [5.41, 5.74) is 3.74. The lowest BCUT2D eigenvalue weighted by molar-refractivity contribution is -0.122. The van der Waals surface area contributed by atoms with Crippen molar-refractivity contribution in [2.24, 2.45) is 16.9 Å². The zero-order chi connectivity index (χ0) is 9.26. The molecule has 0 aromatic heterocycles. The van der Waals surface area contributed by atoms with Crippen LogP contribution in [0.5, 0.6) is 0 Å². The van der Waals surface area contributed by atoms with Crippen LogP contribution in [-0.4, -0.2) is 11.6 Å². The van der Waals surface area contributed by atoms with Crippen LogP contribution < -0.4 is 5.43 Å². The van der Waals surface area contributed by atoms with Crippen LogP contribution in [0.25, 0.3) is 0 Å². The number of nitrogens with zero attached hydrogens (tertiary/aromatic N) is 1. The van der Waals surface area contributed by atoms with Gasteiger partial charge < -0.3 is 0 Å². The Morgan fingerprint density at radius 3 is 2.38 bits per heavy atom. The standard InChI is InChI=1S/C10H16N2O/c1-7(8-3-2-4-8)11-12-10(13)9-5-6-9/h8-9H,2-6H2,1H3,(H,12,13)/b11-7+. The molecule has 0 unspecified atom stereocenters. The highest BCUT2D eigenvalue weighted by Crippen LogP contribution is 2.29. The third-order valence-electron chi connectivity index (χ3n) is 2.99. The van der Waals surface area contributed by atoms with Gasteiger partial charge in [0.1, 0.15) is 0 Å². The molecule has 2 rings (SSSR count). The molecule has 0 spiro atoms. The minimum Gasteiger partial charge on any atom is -0.273 e. The molecule has 2 fully saturated rings. The van der Waals surface area contributed by atoms with Crippen LogP contribution in [0.4, 0.5) is 0 Å². The van der Waals surface area contributed by atoms with E-state index in [0.717, 1.165) is 18.6 Å². The Balaban J connectivity index is 1.77. The lowest BCUT2D eigenvalue weighted by atomic mass is 9.82. The van der Waals surface area contributed by atoms with Gasteiger partial charge in [0.05, 0.1) is 0 Å². The molecule has 2 saturated carbocycles. The zero-order valence-electron chi connectivity index (χ0n) is 8.05. The van der Waals surface area contributed by atoms with E-state index in [0.29, 0.717) is 5.92 Å². The molecule has 1 N–H and O–H groups in total. The summed E-state index contributed by atoms with van der Waals surface area (Å²) >= 11 is 0. The SMILES string of the molecule is C/C(=N\NC(=O)C1CC1)C1CCC1. The number of hydrazone groups is 1. The van der Waals surface area contributed by atoms with Gasteiger partial charge >= 0.3 is 0 Å². The molecule has 0 saturated heterocycles. The Bertz CT molecular complexity index is 239. The van der Waals surface area contributed by atoms with Gasteiger partial charge in [0.25, 0.3) is 0 Å². The van der Waals surface area contributed by atoms with Gasteiger partial charge in [-0.3, -0.25) is 4.79 Å². The van der Waals surface area contributed by atoms with Gasteiger partial charge in [0.2, 0.25) is 5.91 Å². The molecule has 3 heteroatoms. The van der Waals surface area contributed by atoms with Gasteiger partial charge in [-0.1, -0.05) is 6.42 Å². The highest BCUT2D eigenvalue weighted by Gasteiger charge is 2.29. The predicted octanol–water partition coefficient (Wildman–Crippen LogP) is 1.69. The molecule has 0 radical (unpaired) electrons. The Morgan fingerprint density at radius 1 is 1.23 bits per heavy atom. The second-order valence-electron chi connectivity index (χ2n) is 4.13. The van der Waals surface area contributed by atoms with Crippen LogP contribution in [0.1, 0.15) is 39.0 Å². The molecular weight excluding hydrogens is 164 g/mol. The molecule has 0 bridgehead atoms. The summed E-state index contributed by atoms with van der Waals surface area (Å²) in [7, 11) is 0. The molecule has 72 valence electrons. The number of amides is 1. The first kappa shape index (κ1) is 8.73. The van der Waals surface area contributed by atoms with E-state index < -0.39 is 0 Å². The van der Waals surface area contributed by atoms with E-state index in [1.54, 1.807) is 0 Å². The normalized spacial score (nSPS) is 23.9. The fourth-order valence-electron chi connectivity index (χ4n) is 1.50. The molecule has 0 atom stereocenters. The number of carbonyl (C=O) groups is 1. The minimum absolute atomic E-state index is 0.110. The fourth-order valence-corrected chi connectivity index (χ4v) is 1.50. The molecule has 2 aliphatic carbocycles. The number of hydrogen-bond acceptors (Lipinski definition) is 2. The monoisotopic (exact) mass is 180 g/mol. The van der Waals surface area contributed by atoms with Crippen molar-refractivity contribution in [2.45, 2.75) is 39.0 Å². The maximum absolute atomic E-state index is 11.2. The maximum atomic E-state index is 11.2. The summed E-state index contributed by atoms with van der Waals surface area (Å²) in [5, 5.41) is 4.12. The first-order chi connectivity index (χ1) is 6.27. The van der Waals surface area contributed by atoms with Gasteiger partial charge in [-0.25, -0.2) is 5.43 Å². The minimum atomic E-state index is 0.110. The Kier molecular flexibility index (Phi) is 2.34. The predicted molar refractivity (Wildman–Crippen MR) is 51.3 cm³/mol. The number of hydrogen-bond donors (Lipinski definition) is 1. The van der Waals surface area contributed by atoms with Gasteiger partial charge in [0, 0.05) is 11.6 Å². The topological polar surface area (TPSA) is 41.5 Å².